The molecular formula is C12H6N4OS. The van der Waals surface area contributed by atoms with E-state index in [1.165, 1.54) is 17.8 Å². The molecule has 2 aromatic rings. The number of hydrogen-bond acceptors (Lipinski definition) is 6. The molecule has 0 saturated heterocycles. The summed E-state index contributed by atoms with van der Waals surface area (Å²) in [5, 5.41) is 18.4. The van der Waals surface area contributed by atoms with Crippen molar-refractivity contribution in [2.45, 2.75) is 10.2 Å². The highest BCUT2D eigenvalue weighted by Crippen LogP contribution is 2.26. The summed E-state index contributed by atoms with van der Waals surface area (Å²) in [7, 11) is 0. The summed E-state index contributed by atoms with van der Waals surface area (Å²) >= 11 is 1.27. The first-order valence-corrected chi connectivity index (χ1v) is 5.70. The molecule has 0 spiro atoms. The molecule has 2 aromatic heterocycles. The third kappa shape index (κ3) is 2.97. The highest BCUT2D eigenvalue weighted by atomic mass is 32.2. The van der Waals surface area contributed by atoms with E-state index >= 15 is 0 Å². The lowest BCUT2D eigenvalue weighted by Gasteiger charge is -1.93. The van der Waals surface area contributed by atoms with Crippen molar-refractivity contribution in [3.05, 3.63) is 41.9 Å². The maximum absolute atomic E-state index is 8.62. The number of furan rings is 1. The molecule has 0 amide bonds. The molecule has 0 aliphatic rings. The van der Waals surface area contributed by atoms with E-state index in [2.05, 4.69) is 9.97 Å². The molecule has 2 rings (SSSR count). The van der Waals surface area contributed by atoms with Gasteiger partial charge in [-0.15, -0.1) is 0 Å². The van der Waals surface area contributed by atoms with Crippen LogP contribution in [0.2, 0.25) is 0 Å². The summed E-state index contributed by atoms with van der Waals surface area (Å²) in [6.07, 6.45) is 4.67. The largest absolute Gasteiger partial charge is 0.450 e. The highest BCUT2D eigenvalue weighted by Gasteiger charge is 2.05. The standard InChI is InChI=1S/C12H6N4OS/c13-7-9(8-14)6-10-2-3-11(17-10)18-12-15-4-1-5-16-12/h1-6H. The van der Waals surface area contributed by atoms with E-state index in [0.717, 1.165) is 0 Å². The van der Waals surface area contributed by atoms with Crippen LogP contribution in [-0.4, -0.2) is 9.97 Å². The van der Waals surface area contributed by atoms with Gasteiger partial charge in [0.25, 0.3) is 0 Å². The van der Waals surface area contributed by atoms with Gasteiger partial charge in [-0.3, -0.25) is 0 Å². The van der Waals surface area contributed by atoms with Crippen LogP contribution < -0.4 is 0 Å². The minimum Gasteiger partial charge on any atom is -0.450 e. The van der Waals surface area contributed by atoms with Gasteiger partial charge in [0, 0.05) is 18.5 Å². The minimum absolute atomic E-state index is 0.00291. The van der Waals surface area contributed by atoms with Crippen molar-refractivity contribution >= 4 is 17.8 Å². The fourth-order valence-corrected chi connectivity index (χ4v) is 1.81. The number of nitriles is 2. The molecular weight excluding hydrogens is 248 g/mol. The fourth-order valence-electron chi connectivity index (χ4n) is 1.13. The van der Waals surface area contributed by atoms with Gasteiger partial charge in [0.2, 0.25) is 0 Å². The number of allylic oxidation sites excluding steroid dienone is 1. The van der Waals surface area contributed by atoms with Crippen LogP contribution in [0.1, 0.15) is 5.76 Å². The second-order valence-electron chi connectivity index (χ2n) is 3.07. The first-order valence-electron chi connectivity index (χ1n) is 4.88. The molecule has 2 heterocycles. The first-order chi connectivity index (χ1) is 8.81. The lowest BCUT2D eigenvalue weighted by atomic mass is 10.3. The van der Waals surface area contributed by atoms with Crippen LogP contribution >= 0.6 is 11.8 Å². The summed E-state index contributed by atoms with van der Waals surface area (Å²) in [6, 6.07) is 8.68. The van der Waals surface area contributed by atoms with Gasteiger partial charge in [-0.1, -0.05) is 0 Å². The molecule has 0 atom stereocenters. The van der Waals surface area contributed by atoms with Crippen LogP contribution in [0.15, 0.2) is 50.8 Å². The summed E-state index contributed by atoms with van der Waals surface area (Å²) in [5.41, 5.74) is -0.00291. The third-order valence-corrected chi connectivity index (χ3v) is 2.68. The Labute approximate surface area is 107 Å². The number of rotatable bonds is 3. The number of nitrogens with zero attached hydrogens (tertiary/aromatic N) is 4. The van der Waals surface area contributed by atoms with Gasteiger partial charge in [-0.05, 0) is 30.0 Å². The Hall–Kier alpha value is -2.57. The molecule has 0 aromatic carbocycles. The van der Waals surface area contributed by atoms with Gasteiger partial charge in [-0.2, -0.15) is 10.5 Å². The molecule has 18 heavy (non-hydrogen) atoms. The van der Waals surface area contributed by atoms with Gasteiger partial charge in [-0.25, -0.2) is 9.97 Å². The van der Waals surface area contributed by atoms with Crippen LogP contribution in [0.3, 0.4) is 0 Å². The Kier molecular flexibility index (Phi) is 3.75. The first kappa shape index (κ1) is 11.9. The van der Waals surface area contributed by atoms with Crippen LogP contribution in [0.4, 0.5) is 0 Å². The maximum Gasteiger partial charge on any atom is 0.195 e. The predicted molar refractivity (Wildman–Crippen MR) is 64.1 cm³/mol. The Morgan fingerprint density at radius 1 is 1.22 bits per heavy atom. The topological polar surface area (TPSA) is 86.5 Å². The van der Waals surface area contributed by atoms with Crippen LogP contribution in [0, 0.1) is 22.7 Å². The minimum atomic E-state index is -0.00291. The van der Waals surface area contributed by atoms with Crippen molar-refractivity contribution in [1.82, 2.24) is 9.97 Å². The molecule has 6 heteroatoms. The zero-order chi connectivity index (χ0) is 12.8. The number of aromatic nitrogens is 2. The van der Waals surface area contributed by atoms with Crippen LogP contribution in [0.5, 0.6) is 0 Å². The highest BCUT2D eigenvalue weighted by molar-refractivity contribution is 7.99. The summed E-state index contributed by atoms with van der Waals surface area (Å²) in [5.74, 6) is 0.450. The summed E-state index contributed by atoms with van der Waals surface area (Å²) in [4.78, 5) is 8.10. The average molecular weight is 254 g/mol. The zero-order valence-electron chi connectivity index (χ0n) is 9.07. The second kappa shape index (κ2) is 5.67. The van der Waals surface area contributed by atoms with E-state index in [4.69, 9.17) is 14.9 Å². The van der Waals surface area contributed by atoms with Crippen LogP contribution in [0.25, 0.3) is 6.08 Å². The Balaban J connectivity index is 2.15. The predicted octanol–water partition coefficient (Wildman–Crippen LogP) is 2.65. The van der Waals surface area contributed by atoms with E-state index in [0.29, 0.717) is 16.0 Å². The van der Waals surface area contributed by atoms with Gasteiger partial charge >= 0.3 is 0 Å². The number of hydrogen-bond donors (Lipinski definition) is 0. The zero-order valence-corrected chi connectivity index (χ0v) is 9.89. The monoisotopic (exact) mass is 254 g/mol. The Morgan fingerprint density at radius 2 is 1.94 bits per heavy atom. The Morgan fingerprint density at radius 3 is 2.61 bits per heavy atom. The molecule has 0 fully saturated rings. The molecule has 0 saturated carbocycles. The van der Waals surface area contributed by atoms with Crippen molar-refractivity contribution in [1.29, 1.82) is 10.5 Å². The fraction of sp³-hybridized carbons (Fsp3) is 0. The quantitative estimate of drug-likeness (QED) is 0.618. The average Bonchev–Trinajstić information content (AvgIpc) is 2.84. The molecule has 5 nitrogen and oxygen atoms in total. The molecule has 0 bridgehead atoms. The van der Waals surface area contributed by atoms with Crippen molar-refractivity contribution in [2.75, 3.05) is 0 Å². The van der Waals surface area contributed by atoms with E-state index in [1.807, 2.05) is 0 Å². The maximum atomic E-state index is 8.62. The van der Waals surface area contributed by atoms with Crippen molar-refractivity contribution < 1.29 is 4.42 Å². The van der Waals surface area contributed by atoms with E-state index in [-0.39, 0.29) is 5.57 Å². The molecule has 0 aliphatic carbocycles. The van der Waals surface area contributed by atoms with Crippen LogP contribution in [-0.2, 0) is 0 Å². The van der Waals surface area contributed by atoms with Gasteiger partial charge < -0.3 is 4.42 Å². The molecule has 0 N–H and O–H groups in total. The van der Waals surface area contributed by atoms with Gasteiger partial charge in [0.05, 0.1) is 0 Å². The van der Waals surface area contributed by atoms with E-state index in [9.17, 15) is 0 Å². The SMILES string of the molecule is N#CC(C#N)=Cc1ccc(Sc2ncccn2)o1. The normalized spacial score (nSPS) is 9.22. The molecule has 86 valence electrons. The van der Waals surface area contributed by atoms with Gasteiger partial charge in [0.15, 0.2) is 10.2 Å². The van der Waals surface area contributed by atoms with Gasteiger partial charge in [0.1, 0.15) is 23.5 Å². The molecule has 0 unspecified atom stereocenters. The van der Waals surface area contributed by atoms with Crippen molar-refractivity contribution in [3.8, 4) is 12.1 Å². The second-order valence-corrected chi connectivity index (χ2v) is 4.04. The third-order valence-electron chi connectivity index (χ3n) is 1.86. The van der Waals surface area contributed by atoms with Crippen molar-refractivity contribution in [2.24, 2.45) is 0 Å². The lowest BCUT2D eigenvalue weighted by Crippen LogP contribution is -1.81. The smallest absolute Gasteiger partial charge is 0.195 e. The summed E-state index contributed by atoms with van der Waals surface area (Å²) in [6.45, 7) is 0. The van der Waals surface area contributed by atoms with E-state index in [1.54, 1.807) is 42.7 Å². The molecule has 0 aliphatic heterocycles. The van der Waals surface area contributed by atoms with E-state index < -0.39 is 0 Å². The van der Waals surface area contributed by atoms with Crippen molar-refractivity contribution in [3.63, 3.8) is 0 Å². The molecule has 0 radical (unpaired) electrons. The Bertz CT molecular complexity index is 633. The summed E-state index contributed by atoms with van der Waals surface area (Å²) < 4.78 is 5.43. The lowest BCUT2D eigenvalue weighted by molar-refractivity contribution is 0.466.